The third kappa shape index (κ3) is 4.17. The molecule has 0 amide bonds. The molecule has 9 nitrogen and oxygen atoms in total. The van der Waals surface area contributed by atoms with Gasteiger partial charge in [0.15, 0.2) is 11.5 Å². The summed E-state index contributed by atoms with van der Waals surface area (Å²) >= 11 is 0. The van der Waals surface area contributed by atoms with Gasteiger partial charge in [0.1, 0.15) is 6.61 Å². The number of nitrogens with zero attached hydrogens (tertiary/aromatic N) is 5. The minimum Gasteiger partial charge on any atom is -0.476 e. The molecule has 4 N–H and O–H groups in total. The van der Waals surface area contributed by atoms with Crippen molar-refractivity contribution in [2.45, 2.75) is 26.2 Å². The summed E-state index contributed by atoms with van der Waals surface area (Å²) in [4.78, 5) is 12.7. The first-order valence-corrected chi connectivity index (χ1v) is 8.62. The maximum atomic E-state index is 5.98. The molecule has 3 heterocycles. The fourth-order valence-electron chi connectivity index (χ4n) is 2.39. The summed E-state index contributed by atoms with van der Waals surface area (Å²) in [5, 5.41) is 4.40. The lowest BCUT2D eigenvalue weighted by atomic mass is 10.2. The Labute approximate surface area is 151 Å². The maximum absolute atomic E-state index is 5.98. The number of anilines is 1. The normalized spacial score (nSPS) is 11.0. The van der Waals surface area contributed by atoms with Crippen LogP contribution in [0.25, 0.3) is 5.65 Å². The van der Waals surface area contributed by atoms with Gasteiger partial charge in [-0.3, -0.25) is 0 Å². The van der Waals surface area contributed by atoms with Crippen molar-refractivity contribution in [3.05, 3.63) is 35.8 Å². The van der Waals surface area contributed by atoms with Crippen LogP contribution in [0.3, 0.4) is 0 Å². The summed E-state index contributed by atoms with van der Waals surface area (Å²) in [6, 6.07) is 4.02. The van der Waals surface area contributed by atoms with Gasteiger partial charge >= 0.3 is 6.01 Å². The number of unbranched alkanes of at least 4 members (excludes halogenated alkanes) is 1. The van der Waals surface area contributed by atoms with E-state index in [9.17, 15) is 0 Å². The van der Waals surface area contributed by atoms with Gasteiger partial charge < -0.3 is 20.9 Å². The van der Waals surface area contributed by atoms with Gasteiger partial charge in [-0.1, -0.05) is 19.4 Å². The van der Waals surface area contributed by atoms with Gasteiger partial charge in [-0.25, -0.2) is 14.5 Å². The lowest BCUT2D eigenvalue weighted by molar-refractivity contribution is 0.280. The van der Waals surface area contributed by atoms with E-state index in [1.54, 1.807) is 16.9 Å². The SMILES string of the molecule is CCCCOc1nc(N)c2ncc(Cc3ccc(OCCN)nc3)n2n1. The molecule has 138 valence electrons. The summed E-state index contributed by atoms with van der Waals surface area (Å²) in [5.41, 5.74) is 13.8. The number of imidazole rings is 1. The fourth-order valence-corrected chi connectivity index (χ4v) is 2.39. The van der Waals surface area contributed by atoms with E-state index in [0.29, 0.717) is 43.5 Å². The standard InChI is InChI=1S/C17H23N7O2/c1-2-3-7-26-17-22-15(19)16-21-11-13(24(16)23-17)9-12-4-5-14(20-10-12)25-8-6-18/h4-5,10-11H,2-3,6-9,18H2,1H3,(H2,19,22,23). The first-order chi connectivity index (χ1) is 12.7. The first-order valence-electron chi connectivity index (χ1n) is 8.62. The fraction of sp³-hybridized carbons (Fsp3) is 0.412. The smallest absolute Gasteiger partial charge is 0.336 e. The summed E-state index contributed by atoms with van der Waals surface area (Å²) in [5.74, 6) is 0.844. The molecule has 0 aromatic carbocycles. The van der Waals surface area contributed by atoms with Crippen molar-refractivity contribution in [1.29, 1.82) is 0 Å². The van der Waals surface area contributed by atoms with Crippen molar-refractivity contribution < 1.29 is 9.47 Å². The lowest BCUT2D eigenvalue weighted by Crippen LogP contribution is -2.11. The Balaban J connectivity index is 1.78. The Hall–Kier alpha value is -2.94. The minimum atomic E-state index is 0.256. The van der Waals surface area contributed by atoms with Crippen molar-refractivity contribution in [2.24, 2.45) is 5.73 Å². The summed E-state index contributed by atoms with van der Waals surface area (Å²) in [6.45, 7) is 3.54. The van der Waals surface area contributed by atoms with Gasteiger partial charge in [0, 0.05) is 25.2 Å². The second-order valence-corrected chi connectivity index (χ2v) is 5.79. The van der Waals surface area contributed by atoms with Gasteiger partial charge in [-0.15, -0.1) is 5.10 Å². The number of rotatable bonds is 9. The number of aromatic nitrogens is 5. The number of hydrogen-bond donors (Lipinski definition) is 2. The van der Waals surface area contributed by atoms with Crippen LogP contribution in [0.15, 0.2) is 24.5 Å². The summed E-state index contributed by atoms with van der Waals surface area (Å²) in [6.07, 6.45) is 6.05. The molecule has 0 aliphatic heterocycles. The van der Waals surface area contributed by atoms with Crippen LogP contribution >= 0.6 is 0 Å². The number of hydrogen-bond acceptors (Lipinski definition) is 8. The predicted molar refractivity (Wildman–Crippen MR) is 97.2 cm³/mol. The van der Waals surface area contributed by atoms with Gasteiger partial charge in [0.2, 0.25) is 5.88 Å². The highest BCUT2D eigenvalue weighted by Gasteiger charge is 2.12. The Kier molecular flexibility index (Phi) is 5.80. The Morgan fingerprint density at radius 3 is 2.73 bits per heavy atom. The molecule has 0 atom stereocenters. The van der Waals surface area contributed by atoms with E-state index in [-0.39, 0.29) is 6.01 Å². The van der Waals surface area contributed by atoms with Crippen molar-refractivity contribution in [3.63, 3.8) is 0 Å². The van der Waals surface area contributed by atoms with Crippen LogP contribution in [0, 0.1) is 0 Å². The molecule has 3 rings (SSSR count). The van der Waals surface area contributed by atoms with Gasteiger partial charge in [-0.2, -0.15) is 4.98 Å². The summed E-state index contributed by atoms with van der Waals surface area (Å²) < 4.78 is 12.6. The van der Waals surface area contributed by atoms with E-state index >= 15 is 0 Å². The molecule has 9 heteroatoms. The Morgan fingerprint density at radius 1 is 1.12 bits per heavy atom. The van der Waals surface area contributed by atoms with Crippen LogP contribution in [-0.4, -0.2) is 44.3 Å². The Bertz CT molecular complexity index is 848. The van der Waals surface area contributed by atoms with Crippen LogP contribution in [0.4, 0.5) is 5.82 Å². The average molecular weight is 357 g/mol. The van der Waals surface area contributed by atoms with Crippen LogP contribution in [0.5, 0.6) is 11.9 Å². The molecule has 0 unspecified atom stereocenters. The molecule has 0 radical (unpaired) electrons. The highest BCUT2D eigenvalue weighted by molar-refractivity contribution is 5.59. The molecular formula is C17H23N7O2. The highest BCUT2D eigenvalue weighted by atomic mass is 16.5. The molecule has 0 aliphatic rings. The molecule has 26 heavy (non-hydrogen) atoms. The number of fused-ring (bicyclic) bond motifs is 1. The topological polar surface area (TPSA) is 126 Å². The quantitative estimate of drug-likeness (QED) is 0.547. The van der Waals surface area contributed by atoms with Crippen molar-refractivity contribution in [2.75, 3.05) is 25.5 Å². The molecule has 0 spiro atoms. The zero-order chi connectivity index (χ0) is 18.4. The number of pyridine rings is 1. The second-order valence-electron chi connectivity index (χ2n) is 5.79. The largest absolute Gasteiger partial charge is 0.476 e. The van der Waals surface area contributed by atoms with E-state index in [1.807, 2.05) is 12.1 Å². The zero-order valence-corrected chi connectivity index (χ0v) is 14.8. The number of nitrogen functional groups attached to an aromatic ring is 1. The van der Waals surface area contributed by atoms with Crippen molar-refractivity contribution in [1.82, 2.24) is 24.6 Å². The monoisotopic (exact) mass is 357 g/mol. The van der Waals surface area contributed by atoms with Gasteiger partial charge in [0.05, 0.1) is 18.5 Å². The van der Waals surface area contributed by atoms with Crippen LogP contribution in [0.2, 0.25) is 0 Å². The van der Waals surface area contributed by atoms with E-state index in [0.717, 1.165) is 24.1 Å². The molecule has 0 fully saturated rings. The molecule has 0 saturated carbocycles. The minimum absolute atomic E-state index is 0.256. The van der Waals surface area contributed by atoms with Crippen LogP contribution in [-0.2, 0) is 6.42 Å². The molecule has 0 saturated heterocycles. The van der Waals surface area contributed by atoms with Crippen molar-refractivity contribution in [3.8, 4) is 11.9 Å². The van der Waals surface area contributed by atoms with E-state index < -0.39 is 0 Å². The van der Waals surface area contributed by atoms with Crippen molar-refractivity contribution >= 4 is 11.5 Å². The van der Waals surface area contributed by atoms with Crippen LogP contribution < -0.4 is 20.9 Å². The molecule has 0 bridgehead atoms. The molecule has 3 aromatic heterocycles. The second kappa shape index (κ2) is 8.43. The van der Waals surface area contributed by atoms with Gasteiger partial charge in [0.25, 0.3) is 0 Å². The number of ether oxygens (including phenoxy) is 2. The lowest BCUT2D eigenvalue weighted by Gasteiger charge is -2.07. The molecular weight excluding hydrogens is 334 g/mol. The summed E-state index contributed by atoms with van der Waals surface area (Å²) in [7, 11) is 0. The highest BCUT2D eigenvalue weighted by Crippen LogP contribution is 2.17. The van der Waals surface area contributed by atoms with Gasteiger partial charge in [-0.05, 0) is 12.0 Å². The third-order valence-corrected chi connectivity index (χ3v) is 3.72. The van der Waals surface area contributed by atoms with E-state index in [1.165, 1.54) is 0 Å². The first kappa shape index (κ1) is 17.9. The maximum Gasteiger partial charge on any atom is 0.336 e. The third-order valence-electron chi connectivity index (χ3n) is 3.72. The molecule has 0 aliphatic carbocycles. The number of nitrogens with two attached hydrogens (primary N) is 2. The van der Waals surface area contributed by atoms with Crippen LogP contribution in [0.1, 0.15) is 31.0 Å². The average Bonchev–Trinajstić information content (AvgIpc) is 3.05. The predicted octanol–water partition coefficient (Wildman–Crippen LogP) is 1.21. The Morgan fingerprint density at radius 2 is 2.00 bits per heavy atom. The molecule has 3 aromatic rings. The van der Waals surface area contributed by atoms with E-state index in [2.05, 4.69) is 27.0 Å². The van der Waals surface area contributed by atoms with E-state index in [4.69, 9.17) is 20.9 Å². The zero-order valence-electron chi connectivity index (χ0n) is 14.8.